The zero-order valence-corrected chi connectivity index (χ0v) is 25.7. The van der Waals surface area contributed by atoms with Crippen LogP contribution in [-0.2, 0) is 10.2 Å². The van der Waals surface area contributed by atoms with Crippen LogP contribution in [0.3, 0.4) is 0 Å². The maximum absolute atomic E-state index is 14.9. The minimum Gasteiger partial charge on any atom is -0.340 e. The molecule has 2 saturated heterocycles. The molecule has 6 rings (SSSR count). The average molecular weight is 608 g/mol. The van der Waals surface area contributed by atoms with Crippen molar-refractivity contribution in [2.24, 2.45) is 4.99 Å². The normalized spacial score (nSPS) is 24.1. The van der Waals surface area contributed by atoms with Gasteiger partial charge < -0.3 is 10.2 Å². The van der Waals surface area contributed by atoms with Gasteiger partial charge in [-0.3, -0.25) is 14.7 Å². The molecule has 0 bridgehead atoms. The molecule has 0 aromatic heterocycles. The van der Waals surface area contributed by atoms with Crippen molar-refractivity contribution in [1.82, 2.24) is 15.1 Å². The fourth-order valence-electron chi connectivity index (χ4n) is 7.46. The van der Waals surface area contributed by atoms with Crippen molar-refractivity contribution >= 4 is 40.5 Å². The van der Waals surface area contributed by atoms with Gasteiger partial charge in [-0.25, -0.2) is 4.39 Å². The first kappa shape index (κ1) is 29.3. The lowest BCUT2D eigenvalue weighted by molar-refractivity contribution is -0.130. The van der Waals surface area contributed by atoms with E-state index in [2.05, 4.69) is 35.3 Å². The molecule has 3 unspecified atom stereocenters. The topological polar surface area (TPSA) is 47.9 Å². The van der Waals surface area contributed by atoms with E-state index in [0.717, 1.165) is 86.6 Å². The number of halogens is 3. The van der Waals surface area contributed by atoms with Crippen LogP contribution in [0, 0.1) is 12.7 Å². The number of rotatable bonds is 6. The van der Waals surface area contributed by atoms with Crippen LogP contribution in [0.5, 0.6) is 0 Å². The highest BCUT2D eigenvalue weighted by molar-refractivity contribution is 6.31. The fraction of sp³-hybridized carbons (Fsp3) is 0.412. The number of carbonyl (C=O) groups is 1. The van der Waals surface area contributed by atoms with E-state index in [1.54, 1.807) is 13.0 Å². The van der Waals surface area contributed by atoms with Gasteiger partial charge in [0.15, 0.2) is 0 Å². The highest BCUT2D eigenvalue weighted by atomic mass is 35.5. The molecule has 3 heterocycles. The molecule has 3 aromatic carbocycles. The second-order valence-corrected chi connectivity index (χ2v) is 12.7. The third-order valence-electron chi connectivity index (χ3n) is 9.43. The monoisotopic (exact) mass is 606 g/mol. The van der Waals surface area contributed by atoms with E-state index in [9.17, 15) is 9.18 Å². The van der Waals surface area contributed by atoms with Crippen molar-refractivity contribution in [1.29, 1.82) is 0 Å². The standard InChI is InChI=1S/C34H37Cl2FN4O/c1-22-8-10-27(37)21-28(22)33-34(29(12-13-38-33)24-5-3-6-25(35)19-24)30-11-9-26(36)20-31(30)39-32(34)7-4-14-40-15-17-41(18-16-40)23(2)42/h3,5-6,8-11,19-21,29,33,38H,4,7,12-18H2,1-2H3. The molecule has 220 valence electrons. The van der Waals surface area contributed by atoms with Crippen molar-refractivity contribution in [3.63, 3.8) is 0 Å². The fourth-order valence-corrected chi connectivity index (χ4v) is 7.83. The van der Waals surface area contributed by atoms with E-state index >= 15 is 0 Å². The van der Waals surface area contributed by atoms with Gasteiger partial charge in [0, 0.05) is 60.8 Å². The molecule has 0 saturated carbocycles. The third kappa shape index (κ3) is 5.39. The predicted octanol–water partition coefficient (Wildman–Crippen LogP) is 7.23. The van der Waals surface area contributed by atoms with E-state index in [1.807, 2.05) is 35.2 Å². The van der Waals surface area contributed by atoms with E-state index in [0.29, 0.717) is 10.0 Å². The highest BCUT2D eigenvalue weighted by Crippen LogP contribution is 2.59. The van der Waals surface area contributed by atoms with Crippen molar-refractivity contribution < 1.29 is 9.18 Å². The summed E-state index contributed by atoms with van der Waals surface area (Å²) in [6.45, 7) is 8.71. The minimum absolute atomic E-state index is 0.0744. The van der Waals surface area contributed by atoms with Crippen LogP contribution in [-0.4, -0.2) is 60.7 Å². The smallest absolute Gasteiger partial charge is 0.219 e. The third-order valence-corrected chi connectivity index (χ3v) is 9.90. The molecule has 1 spiro atoms. The number of hydrogen-bond acceptors (Lipinski definition) is 4. The van der Waals surface area contributed by atoms with Gasteiger partial charge in [-0.2, -0.15) is 0 Å². The number of benzene rings is 3. The molecule has 3 atom stereocenters. The quantitative estimate of drug-likeness (QED) is 0.322. The van der Waals surface area contributed by atoms with Gasteiger partial charge >= 0.3 is 0 Å². The van der Waals surface area contributed by atoms with Crippen molar-refractivity contribution in [2.45, 2.75) is 50.5 Å². The Morgan fingerprint density at radius 3 is 2.60 bits per heavy atom. The maximum Gasteiger partial charge on any atom is 0.219 e. The molecule has 8 heteroatoms. The summed E-state index contributed by atoms with van der Waals surface area (Å²) >= 11 is 13.1. The number of carbonyl (C=O) groups excluding carboxylic acids is 1. The van der Waals surface area contributed by atoms with E-state index in [1.165, 1.54) is 11.6 Å². The Kier molecular flexibility index (Phi) is 8.43. The molecule has 1 amide bonds. The molecular formula is C34H37Cl2FN4O. The Balaban J connectivity index is 1.43. The number of nitrogens with zero attached hydrogens (tertiary/aromatic N) is 3. The van der Waals surface area contributed by atoms with Crippen molar-refractivity contribution in [2.75, 3.05) is 39.3 Å². The Labute approximate surface area is 257 Å². The zero-order chi connectivity index (χ0) is 29.4. The lowest BCUT2D eigenvalue weighted by atomic mass is 9.56. The summed E-state index contributed by atoms with van der Waals surface area (Å²) in [4.78, 5) is 21.5. The van der Waals surface area contributed by atoms with Gasteiger partial charge in [0.05, 0.1) is 11.1 Å². The van der Waals surface area contributed by atoms with Crippen LogP contribution in [0.25, 0.3) is 0 Å². The SMILES string of the molecule is CC(=O)N1CCN(CCCC2=Nc3cc(Cl)ccc3C23C(c2cccc(Cl)c2)CCNC3c2cc(F)ccc2C)CC1. The largest absolute Gasteiger partial charge is 0.340 e. The van der Waals surface area contributed by atoms with Gasteiger partial charge in [-0.15, -0.1) is 0 Å². The Morgan fingerprint density at radius 2 is 1.83 bits per heavy atom. The molecule has 3 aromatic rings. The first-order chi connectivity index (χ1) is 20.3. The molecule has 3 aliphatic rings. The number of piperazine rings is 1. The second-order valence-electron chi connectivity index (χ2n) is 11.8. The summed E-state index contributed by atoms with van der Waals surface area (Å²) in [7, 11) is 0. The molecule has 0 aliphatic carbocycles. The molecule has 2 fully saturated rings. The van der Waals surface area contributed by atoms with E-state index in [-0.39, 0.29) is 23.7 Å². The summed E-state index contributed by atoms with van der Waals surface area (Å²) < 4.78 is 14.9. The van der Waals surface area contributed by atoms with Crippen LogP contribution in [0.4, 0.5) is 10.1 Å². The number of amides is 1. The number of fused-ring (bicyclic) bond motifs is 2. The lowest BCUT2D eigenvalue weighted by Gasteiger charge is -2.50. The average Bonchev–Trinajstić information content (AvgIpc) is 3.27. The van der Waals surface area contributed by atoms with Crippen LogP contribution < -0.4 is 5.32 Å². The summed E-state index contributed by atoms with van der Waals surface area (Å²) in [6.07, 6.45) is 2.61. The predicted molar refractivity (Wildman–Crippen MR) is 169 cm³/mol. The number of hydrogen-bond donors (Lipinski definition) is 1. The van der Waals surface area contributed by atoms with Crippen molar-refractivity contribution in [3.8, 4) is 0 Å². The Morgan fingerprint density at radius 1 is 1.05 bits per heavy atom. The summed E-state index contributed by atoms with van der Waals surface area (Å²) in [5.41, 5.74) is 5.74. The van der Waals surface area contributed by atoms with E-state index in [4.69, 9.17) is 28.2 Å². The van der Waals surface area contributed by atoms with Crippen LogP contribution in [0.1, 0.15) is 60.4 Å². The Hall–Kier alpha value is -2.77. The molecule has 42 heavy (non-hydrogen) atoms. The molecule has 0 radical (unpaired) electrons. The van der Waals surface area contributed by atoms with Crippen molar-refractivity contribution in [3.05, 3.63) is 98.8 Å². The summed E-state index contributed by atoms with van der Waals surface area (Å²) in [5, 5.41) is 5.19. The van der Waals surface area contributed by atoms with Crippen LogP contribution in [0.2, 0.25) is 10.0 Å². The van der Waals surface area contributed by atoms with Crippen LogP contribution >= 0.6 is 23.2 Å². The summed E-state index contributed by atoms with van der Waals surface area (Å²) in [5.74, 6) is -0.0239. The zero-order valence-electron chi connectivity index (χ0n) is 24.2. The molecular weight excluding hydrogens is 570 g/mol. The van der Waals surface area contributed by atoms with E-state index < -0.39 is 5.41 Å². The van der Waals surface area contributed by atoms with Crippen LogP contribution in [0.15, 0.2) is 65.7 Å². The lowest BCUT2D eigenvalue weighted by Crippen LogP contribution is -2.55. The number of aliphatic imine (C=N–C) groups is 1. The Bertz CT molecular complexity index is 1520. The molecule has 5 nitrogen and oxygen atoms in total. The number of nitrogens with one attached hydrogen (secondary N) is 1. The maximum atomic E-state index is 14.9. The van der Waals surface area contributed by atoms with Gasteiger partial charge in [0.25, 0.3) is 0 Å². The number of piperidine rings is 1. The first-order valence-corrected chi connectivity index (χ1v) is 15.6. The van der Waals surface area contributed by atoms with Gasteiger partial charge in [-0.1, -0.05) is 47.5 Å². The first-order valence-electron chi connectivity index (χ1n) is 14.9. The van der Waals surface area contributed by atoms with Gasteiger partial charge in [0.2, 0.25) is 5.91 Å². The minimum atomic E-state index is -0.547. The second kappa shape index (κ2) is 12.1. The summed E-state index contributed by atoms with van der Waals surface area (Å²) in [6, 6.07) is 19.1. The number of aryl methyl sites for hydroxylation is 1. The van der Waals surface area contributed by atoms with Gasteiger partial charge in [0.1, 0.15) is 5.82 Å². The van der Waals surface area contributed by atoms with Gasteiger partial charge in [-0.05, 0) is 97.9 Å². The molecule has 3 aliphatic heterocycles. The highest BCUT2D eigenvalue weighted by Gasteiger charge is 2.56. The molecule has 1 N–H and O–H groups in total.